The number of alkyl halides is 1. The summed E-state index contributed by atoms with van der Waals surface area (Å²) in [6, 6.07) is 0. The summed E-state index contributed by atoms with van der Waals surface area (Å²) in [6.07, 6.45) is 2.98. The number of hydrogen-bond acceptors (Lipinski definition) is 3. The Bertz CT molecular complexity index is 239. The van der Waals surface area contributed by atoms with Crippen molar-refractivity contribution < 1.29 is 12.6 Å². The monoisotopic (exact) mass is 232 g/mol. The first-order valence-corrected chi connectivity index (χ1v) is 6.43. The Hall–Kier alpha value is 0.490. The third-order valence-corrected chi connectivity index (χ3v) is 3.06. The van der Waals surface area contributed by atoms with Gasteiger partial charge < -0.3 is 0 Å². The maximum absolute atomic E-state index is 10.5. The van der Waals surface area contributed by atoms with Crippen molar-refractivity contribution in [2.75, 3.05) is 0 Å². The molecule has 0 unspecified atom stereocenters. The first-order valence-electron chi connectivity index (χ1n) is 3.76. The van der Waals surface area contributed by atoms with Crippen molar-refractivity contribution in [1.82, 2.24) is 0 Å². The summed E-state index contributed by atoms with van der Waals surface area (Å²) in [5.41, 5.74) is 0. The van der Waals surface area contributed by atoms with Crippen LogP contribution in [-0.2, 0) is 13.5 Å². The van der Waals surface area contributed by atoms with Crippen molar-refractivity contribution in [3.63, 3.8) is 0 Å². The third-order valence-electron chi connectivity index (χ3n) is 1.86. The fourth-order valence-electron chi connectivity index (χ4n) is 1.31. The van der Waals surface area contributed by atoms with Gasteiger partial charge in [-0.3, -0.25) is 4.18 Å². The van der Waals surface area contributed by atoms with Gasteiger partial charge in [0.1, 0.15) is 0 Å². The van der Waals surface area contributed by atoms with Crippen LogP contribution in [0, 0.1) is 0 Å². The van der Waals surface area contributed by atoms with E-state index in [4.69, 9.17) is 22.3 Å². The van der Waals surface area contributed by atoms with Crippen LogP contribution in [0.1, 0.15) is 25.7 Å². The molecule has 0 aromatic carbocycles. The van der Waals surface area contributed by atoms with Gasteiger partial charge in [0.05, 0.1) is 11.5 Å². The average Bonchev–Trinajstić information content (AvgIpc) is 1.91. The molecule has 72 valence electrons. The van der Waals surface area contributed by atoms with E-state index in [2.05, 4.69) is 4.18 Å². The van der Waals surface area contributed by atoms with Crippen LogP contribution in [0.5, 0.6) is 0 Å². The van der Waals surface area contributed by atoms with E-state index >= 15 is 0 Å². The van der Waals surface area contributed by atoms with E-state index in [1.54, 1.807) is 0 Å². The SMILES string of the molecule is O=S(=O)(Cl)O[C@@H]1CCCC[C@H]1Cl. The van der Waals surface area contributed by atoms with Gasteiger partial charge in [-0.1, -0.05) is 12.8 Å². The summed E-state index contributed by atoms with van der Waals surface area (Å²) in [7, 11) is 1.05. The van der Waals surface area contributed by atoms with Crippen LogP contribution >= 0.6 is 22.3 Å². The summed E-state index contributed by atoms with van der Waals surface area (Å²) >= 11 is 5.84. The van der Waals surface area contributed by atoms with Crippen LogP contribution in [0.15, 0.2) is 0 Å². The molecular formula is C6H10Cl2O3S. The molecule has 0 heterocycles. The summed E-state index contributed by atoms with van der Waals surface area (Å²) in [5, 5.41) is -0.229. The van der Waals surface area contributed by atoms with Crippen LogP contribution in [0.2, 0.25) is 0 Å². The number of hydrogen-bond donors (Lipinski definition) is 0. The molecular weight excluding hydrogens is 223 g/mol. The highest BCUT2D eigenvalue weighted by Crippen LogP contribution is 2.27. The summed E-state index contributed by atoms with van der Waals surface area (Å²) in [6.45, 7) is 0. The maximum atomic E-state index is 10.5. The molecule has 0 N–H and O–H groups in total. The van der Waals surface area contributed by atoms with Crippen molar-refractivity contribution >= 4 is 31.6 Å². The summed E-state index contributed by atoms with van der Waals surface area (Å²) in [4.78, 5) is 0. The van der Waals surface area contributed by atoms with Crippen LogP contribution in [0.25, 0.3) is 0 Å². The minimum atomic E-state index is -3.87. The quantitative estimate of drug-likeness (QED) is 0.541. The Kier molecular flexibility index (Phi) is 3.64. The predicted octanol–water partition coefficient (Wildman–Crippen LogP) is 2.04. The zero-order chi connectivity index (χ0) is 9.19. The van der Waals surface area contributed by atoms with Gasteiger partial charge in [-0.25, -0.2) is 0 Å². The topological polar surface area (TPSA) is 43.4 Å². The molecule has 1 rings (SSSR count). The maximum Gasteiger partial charge on any atom is 0.355 e. The van der Waals surface area contributed by atoms with Gasteiger partial charge in [-0.05, 0) is 12.8 Å². The zero-order valence-electron chi connectivity index (χ0n) is 6.37. The molecule has 6 heteroatoms. The van der Waals surface area contributed by atoms with Gasteiger partial charge in [0.25, 0.3) is 0 Å². The molecule has 2 atom stereocenters. The molecule has 0 aliphatic heterocycles. The fraction of sp³-hybridized carbons (Fsp3) is 1.00. The first kappa shape index (κ1) is 10.6. The van der Waals surface area contributed by atoms with Gasteiger partial charge in [0.15, 0.2) is 0 Å². The molecule has 0 spiro atoms. The molecule has 0 amide bonds. The first-order chi connectivity index (χ1) is 5.49. The molecule has 0 radical (unpaired) electrons. The molecule has 3 nitrogen and oxygen atoms in total. The standard InChI is InChI=1S/C6H10Cl2O3S/c7-5-3-1-2-4-6(5)11-12(8,9)10/h5-6H,1-4H2/t5-,6-/m1/s1. The lowest BCUT2D eigenvalue weighted by Gasteiger charge is -2.24. The van der Waals surface area contributed by atoms with E-state index in [0.717, 1.165) is 19.3 Å². The van der Waals surface area contributed by atoms with Crippen molar-refractivity contribution in [1.29, 1.82) is 0 Å². The Labute approximate surface area is 81.6 Å². The van der Waals surface area contributed by atoms with E-state index in [0.29, 0.717) is 6.42 Å². The molecule has 1 saturated carbocycles. The van der Waals surface area contributed by atoms with Crippen LogP contribution in [-0.4, -0.2) is 19.9 Å². The van der Waals surface area contributed by atoms with E-state index in [-0.39, 0.29) is 5.38 Å². The lowest BCUT2D eigenvalue weighted by Crippen LogP contribution is -2.29. The largest absolute Gasteiger partial charge is 0.355 e. The lowest BCUT2D eigenvalue weighted by molar-refractivity contribution is 0.171. The number of rotatable bonds is 2. The summed E-state index contributed by atoms with van der Waals surface area (Å²) in [5.74, 6) is 0. The molecule has 0 aromatic heterocycles. The van der Waals surface area contributed by atoms with Gasteiger partial charge in [-0.2, -0.15) is 8.42 Å². The fourth-order valence-corrected chi connectivity index (χ4v) is 2.51. The van der Waals surface area contributed by atoms with E-state index < -0.39 is 15.4 Å². The molecule has 0 bridgehead atoms. The minimum absolute atomic E-state index is 0.229. The zero-order valence-corrected chi connectivity index (χ0v) is 8.70. The second kappa shape index (κ2) is 4.13. The molecule has 12 heavy (non-hydrogen) atoms. The molecule has 1 fully saturated rings. The average molecular weight is 233 g/mol. The van der Waals surface area contributed by atoms with E-state index in [1.165, 1.54) is 0 Å². The predicted molar refractivity (Wildman–Crippen MR) is 47.8 cm³/mol. The lowest BCUT2D eigenvalue weighted by atomic mass is 9.97. The van der Waals surface area contributed by atoms with Crippen molar-refractivity contribution in [2.24, 2.45) is 0 Å². The van der Waals surface area contributed by atoms with Crippen molar-refractivity contribution in [3.05, 3.63) is 0 Å². The number of halogens is 2. The van der Waals surface area contributed by atoms with E-state index in [9.17, 15) is 8.42 Å². The highest BCUT2D eigenvalue weighted by atomic mass is 35.7. The Morgan fingerprint density at radius 1 is 1.25 bits per heavy atom. The molecule has 0 saturated heterocycles. The Balaban J connectivity index is 2.50. The Morgan fingerprint density at radius 2 is 1.83 bits per heavy atom. The molecule has 0 aromatic rings. The van der Waals surface area contributed by atoms with E-state index in [1.807, 2.05) is 0 Å². The van der Waals surface area contributed by atoms with Crippen molar-refractivity contribution in [3.8, 4) is 0 Å². The van der Waals surface area contributed by atoms with Gasteiger partial charge >= 0.3 is 9.33 Å². The van der Waals surface area contributed by atoms with Gasteiger partial charge in [0.2, 0.25) is 0 Å². The van der Waals surface area contributed by atoms with Crippen LogP contribution < -0.4 is 0 Å². The third kappa shape index (κ3) is 3.47. The normalized spacial score (nSPS) is 31.8. The Morgan fingerprint density at radius 3 is 2.33 bits per heavy atom. The van der Waals surface area contributed by atoms with Crippen molar-refractivity contribution in [2.45, 2.75) is 37.2 Å². The summed E-state index contributed by atoms with van der Waals surface area (Å²) < 4.78 is 25.7. The second-order valence-corrected chi connectivity index (χ2v) is 5.50. The molecule has 1 aliphatic rings. The van der Waals surface area contributed by atoms with Crippen LogP contribution in [0.3, 0.4) is 0 Å². The smallest absolute Gasteiger partial charge is 0.253 e. The highest BCUT2D eigenvalue weighted by molar-refractivity contribution is 8.10. The second-order valence-electron chi connectivity index (χ2n) is 2.83. The minimum Gasteiger partial charge on any atom is -0.253 e. The molecule has 1 aliphatic carbocycles. The highest BCUT2D eigenvalue weighted by Gasteiger charge is 2.27. The van der Waals surface area contributed by atoms with Gasteiger partial charge in [-0.15, -0.1) is 11.6 Å². The van der Waals surface area contributed by atoms with Gasteiger partial charge in [0, 0.05) is 10.7 Å². The van der Waals surface area contributed by atoms with Crippen LogP contribution in [0.4, 0.5) is 0 Å².